The first-order valence-corrected chi connectivity index (χ1v) is 28.2. The molecule has 18 nitrogen and oxygen atoms in total. The van der Waals surface area contributed by atoms with Gasteiger partial charge < -0.3 is 25.9 Å². The van der Waals surface area contributed by atoms with E-state index in [1.807, 2.05) is 12.1 Å². The van der Waals surface area contributed by atoms with E-state index in [1.54, 1.807) is 0 Å². The number of likely N-dealkylation sites (tertiary alicyclic amines) is 2. The standard InChI is InChI=1S/C27H35N5O2.C16H21N5O.C15H19NO4/c1-17-14-32(15-18-5-3-2-4-6-18)16-22(17)24-29-25(33)23(30-31-24)13-28-26(34)27-10-19-7-20(11-27)9-21(8-19)12-27;1-11-8-21(9-12-5-3-2-4-6-12)10-13(11)15-18-16(22)14(7-17)19-20-15;17-12-1-2-13(18)16(12)20-14(19)15-6-9-3-10(7-15)5-11(4-9)8-15/h2-6,17,19-22H,7-16H2,1H3,(H,28,34)(H,29,31,33);2-6,11,13H,7-10,17H2,1H3,(H,18,20,22);9-11H,1-8H2. The van der Waals surface area contributed by atoms with Crippen LogP contribution in [-0.2, 0) is 50.2 Å². The number of nitrogens with two attached hydrogens (primary N) is 1. The van der Waals surface area contributed by atoms with Crippen LogP contribution in [0.1, 0.15) is 150 Å². The Labute approximate surface area is 444 Å². The van der Waals surface area contributed by atoms with Gasteiger partial charge >= 0.3 is 5.97 Å². The summed E-state index contributed by atoms with van der Waals surface area (Å²) in [6, 6.07) is 20.9. The lowest BCUT2D eigenvalue weighted by Crippen LogP contribution is -2.53. The van der Waals surface area contributed by atoms with Crippen molar-refractivity contribution in [2.45, 2.75) is 142 Å². The molecule has 3 saturated heterocycles. The highest BCUT2D eigenvalue weighted by Gasteiger charge is 2.57. The zero-order valence-corrected chi connectivity index (χ0v) is 44.2. The molecule has 4 atom stereocenters. The van der Waals surface area contributed by atoms with E-state index in [-0.39, 0.29) is 83.7 Å². The number of hydrogen-bond donors (Lipinski definition) is 4. The molecule has 8 aliphatic carbocycles. The number of hydrogen-bond acceptors (Lipinski definition) is 14. The van der Waals surface area contributed by atoms with Crippen LogP contribution >= 0.6 is 0 Å². The Hall–Kier alpha value is -5.98. The Morgan fingerprint density at radius 2 is 1.00 bits per heavy atom. The predicted molar refractivity (Wildman–Crippen MR) is 281 cm³/mol. The van der Waals surface area contributed by atoms with Crippen LogP contribution < -0.4 is 22.2 Å². The van der Waals surface area contributed by atoms with Crippen LogP contribution in [0, 0.1) is 58.2 Å². The maximum Gasteiger partial charge on any atom is 0.339 e. The summed E-state index contributed by atoms with van der Waals surface area (Å²) < 4.78 is 0. The van der Waals surface area contributed by atoms with E-state index in [0.29, 0.717) is 69.7 Å². The highest BCUT2D eigenvalue weighted by Crippen LogP contribution is 2.61. The Morgan fingerprint density at radius 1 is 0.592 bits per heavy atom. The lowest BCUT2D eigenvalue weighted by atomic mass is 9.49. The monoisotopic (exact) mass is 1040 g/mol. The summed E-state index contributed by atoms with van der Waals surface area (Å²) in [7, 11) is 0. The molecule has 3 aliphatic heterocycles. The van der Waals surface area contributed by atoms with Crippen molar-refractivity contribution in [1.29, 1.82) is 0 Å². The minimum atomic E-state index is -0.419. The summed E-state index contributed by atoms with van der Waals surface area (Å²) in [5, 5.41) is 20.5. The number of carbonyl (C=O) groups excluding carboxylic acids is 4. The molecule has 3 amide bonds. The second-order valence-electron chi connectivity index (χ2n) is 24.7. The van der Waals surface area contributed by atoms with Crippen molar-refractivity contribution in [3.63, 3.8) is 0 Å². The molecule has 8 bridgehead atoms. The minimum absolute atomic E-state index is 0.114. The van der Waals surface area contributed by atoms with E-state index >= 15 is 0 Å². The molecule has 11 aliphatic rings. The minimum Gasteiger partial charge on any atom is -0.350 e. The smallest absolute Gasteiger partial charge is 0.339 e. The molecular formula is C58H75N11O7. The number of nitrogens with one attached hydrogen (secondary N) is 3. The van der Waals surface area contributed by atoms with Gasteiger partial charge in [-0.15, -0.1) is 25.5 Å². The quantitative estimate of drug-likeness (QED) is 0.121. The predicted octanol–water partition coefficient (Wildman–Crippen LogP) is 5.90. The third kappa shape index (κ3) is 11.1. The molecule has 15 rings (SSSR count). The Morgan fingerprint density at radius 3 is 1.41 bits per heavy atom. The lowest BCUT2D eigenvalue weighted by Gasteiger charge is -2.55. The van der Waals surface area contributed by atoms with Crippen molar-refractivity contribution >= 4 is 23.7 Å². The van der Waals surface area contributed by atoms with Crippen molar-refractivity contribution in [3.05, 3.63) is 116 Å². The van der Waals surface area contributed by atoms with E-state index in [2.05, 4.69) is 108 Å². The molecule has 76 heavy (non-hydrogen) atoms. The number of amides is 3. The van der Waals surface area contributed by atoms with E-state index in [4.69, 9.17) is 10.6 Å². The van der Waals surface area contributed by atoms with Crippen LogP contribution in [0.2, 0.25) is 0 Å². The Bertz CT molecular complexity index is 2810. The average molecular weight is 1040 g/mol. The van der Waals surface area contributed by atoms with Crippen LogP contribution in [0.3, 0.4) is 0 Å². The average Bonchev–Trinajstić information content (AvgIpc) is 4.16. The normalized spacial score (nSPS) is 33.0. The zero-order chi connectivity index (χ0) is 52.7. The van der Waals surface area contributed by atoms with Gasteiger partial charge in [0.1, 0.15) is 23.0 Å². The van der Waals surface area contributed by atoms with Crippen LogP contribution in [0.4, 0.5) is 0 Å². The maximum absolute atomic E-state index is 13.2. The lowest BCUT2D eigenvalue weighted by molar-refractivity contribution is -0.214. The second-order valence-corrected chi connectivity index (χ2v) is 24.7. The van der Waals surface area contributed by atoms with Gasteiger partial charge in [0.05, 0.1) is 12.0 Å². The third-order valence-electron chi connectivity index (χ3n) is 18.9. The molecular weight excluding hydrogens is 963 g/mol. The van der Waals surface area contributed by atoms with Gasteiger partial charge in [-0.2, -0.15) is 0 Å². The van der Waals surface area contributed by atoms with Crippen molar-refractivity contribution in [3.8, 4) is 0 Å². The van der Waals surface area contributed by atoms with Gasteiger partial charge in [0.25, 0.3) is 22.9 Å². The number of hydroxylamine groups is 2. The van der Waals surface area contributed by atoms with Crippen LogP contribution in [0.5, 0.6) is 0 Å². The number of benzene rings is 2. The fourth-order valence-electron chi connectivity index (χ4n) is 16.1. The van der Waals surface area contributed by atoms with E-state index < -0.39 is 5.41 Å². The Balaban J connectivity index is 0.000000128. The molecule has 18 heteroatoms. The van der Waals surface area contributed by atoms with Crippen LogP contribution in [-0.4, -0.2) is 95.1 Å². The number of nitrogens with zero attached hydrogens (tertiary/aromatic N) is 7. The first-order chi connectivity index (χ1) is 36.7. The zero-order valence-electron chi connectivity index (χ0n) is 44.2. The van der Waals surface area contributed by atoms with Gasteiger partial charge in [-0.05, 0) is 136 Å². The van der Waals surface area contributed by atoms with E-state index in [1.165, 1.54) is 49.7 Å². The number of H-pyrrole nitrogens is 2. The van der Waals surface area contributed by atoms with Crippen molar-refractivity contribution in [2.75, 3.05) is 26.2 Å². The van der Waals surface area contributed by atoms with Crippen molar-refractivity contribution in [2.24, 2.45) is 63.9 Å². The number of aromatic amines is 2. The van der Waals surface area contributed by atoms with Gasteiger partial charge in [0.2, 0.25) is 5.91 Å². The van der Waals surface area contributed by atoms with Gasteiger partial charge in [-0.3, -0.25) is 33.8 Å². The first-order valence-electron chi connectivity index (χ1n) is 28.2. The molecule has 4 unspecified atom stereocenters. The van der Waals surface area contributed by atoms with E-state index in [0.717, 1.165) is 77.8 Å². The summed E-state index contributed by atoms with van der Waals surface area (Å²) in [6.45, 7) is 10.2. The maximum atomic E-state index is 13.2. The molecule has 8 saturated carbocycles. The van der Waals surface area contributed by atoms with Crippen LogP contribution in [0.25, 0.3) is 0 Å². The molecule has 0 spiro atoms. The van der Waals surface area contributed by atoms with Gasteiger partial charge in [0, 0.05) is 75.9 Å². The molecule has 5 heterocycles. The van der Waals surface area contributed by atoms with Gasteiger partial charge in [-0.1, -0.05) is 74.5 Å². The SMILES string of the molecule is CC1CN(Cc2ccccc2)CC1c1nnc(CN)c(=O)[nH]1.CC1CN(Cc2ccccc2)CC1c1nnc(CNC(=O)C23CC4CC(CC(C4)C2)C3)c(=O)[nH]1.O=C1CCC(=O)N1OC(=O)C12CC3CC(CC(C3)C1)C2. The molecule has 11 fully saturated rings. The highest BCUT2D eigenvalue weighted by atomic mass is 16.7. The molecule has 404 valence electrons. The Kier molecular flexibility index (Phi) is 14.9. The number of aromatic nitrogens is 6. The molecule has 0 radical (unpaired) electrons. The fourth-order valence-corrected chi connectivity index (χ4v) is 16.1. The first kappa shape index (κ1) is 52.1. The van der Waals surface area contributed by atoms with E-state index in [9.17, 15) is 28.8 Å². The summed E-state index contributed by atoms with van der Waals surface area (Å²) in [6.07, 6.45) is 13.7. The van der Waals surface area contributed by atoms with Gasteiger partial charge in [0.15, 0.2) is 0 Å². The topological polar surface area (TPSA) is 243 Å². The fraction of sp³-hybridized carbons (Fsp3) is 0.621. The summed E-state index contributed by atoms with van der Waals surface area (Å²) in [5.74, 6) is 5.59. The molecule has 4 aromatic rings. The molecule has 5 N–H and O–H groups in total. The summed E-state index contributed by atoms with van der Waals surface area (Å²) in [5.41, 5.74) is 7.55. The van der Waals surface area contributed by atoms with Gasteiger partial charge in [-0.25, -0.2) is 4.79 Å². The number of imide groups is 1. The number of rotatable bonds is 12. The third-order valence-corrected chi connectivity index (χ3v) is 18.9. The second kappa shape index (κ2) is 21.8. The van der Waals surface area contributed by atoms with Crippen molar-refractivity contribution < 1.29 is 24.0 Å². The largest absolute Gasteiger partial charge is 0.350 e. The highest BCUT2D eigenvalue weighted by molar-refractivity contribution is 6.01. The van der Waals surface area contributed by atoms with Crippen LogP contribution in [0.15, 0.2) is 70.3 Å². The molecule has 2 aromatic carbocycles. The summed E-state index contributed by atoms with van der Waals surface area (Å²) in [4.78, 5) is 89.4. The number of carbonyl (C=O) groups is 4. The summed E-state index contributed by atoms with van der Waals surface area (Å²) >= 11 is 0. The van der Waals surface area contributed by atoms with Crippen molar-refractivity contribution in [1.82, 2.24) is 50.5 Å². The molecule has 2 aromatic heterocycles.